The molecule has 0 aliphatic rings. The molecule has 2 nitrogen and oxygen atoms in total. The molecule has 3 heteroatoms. The fourth-order valence-electron chi connectivity index (χ4n) is 2.25. The first-order valence-electron chi connectivity index (χ1n) is 6.44. The first-order chi connectivity index (χ1) is 8.99. The van der Waals surface area contributed by atoms with E-state index in [9.17, 15) is 0 Å². The van der Waals surface area contributed by atoms with Gasteiger partial charge in [0.1, 0.15) is 4.60 Å². The molecular formula is C16H19BrN2. The van der Waals surface area contributed by atoms with E-state index in [0.717, 1.165) is 10.3 Å². The van der Waals surface area contributed by atoms with E-state index < -0.39 is 0 Å². The van der Waals surface area contributed by atoms with Crippen molar-refractivity contribution >= 4 is 21.6 Å². The van der Waals surface area contributed by atoms with Gasteiger partial charge in [-0.15, -0.1) is 0 Å². The minimum Gasteiger partial charge on any atom is -0.376 e. The molecule has 0 amide bonds. The van der Waals surface area contributed by atoms with Crippen LogP contribution in [0.1, 0.15) is 35.2 Å². The van der Waals surface area contributed by atoms with Gasteiger partial charge in [0.05, 0.1) is 5.69 Å². The Hall–Kier alpha value is -1.35. The Labute approximate surface area is 123 Å². The average Bonchev–Trinajstić information content (AvgIpc) is 2.36. The first-order valence-corrected chi connectivity index (χ1v) is 7.23. The van der Waals surface area contributed by atoms with Crippen molar-refractivity contribution in [3.8, 4) is 0 Å². The topological polar surface area (TPSA) is 24.9 Å². The van der Waals surface area contributed by atoms with Crippen LogP contribution in [0.3, 0.4) is 0 Å². The summed E-state index contributed by atoms with van der Waals surface area (Å²) in [5.41, 5.74) is 6.35. The number of anilines is 1. The molecule has 100 valence electrons. The molecule has 1 heterocycles. The van der Waals surface area contributed by atoms with Gasteiger partial charge < -0.3 is 5.32 Å². The lowest BCUT2D eigenvalue weighted by atomic mass is 9.96. The zero-order valence-electron chi connectivity index (χ0n) is 11.8. The molecule has 1 atom stereocenters. The summed E-state index contributed by atoms with van der Waals surface area (Å²) in [4.78, 5) is 4.23. The normalized spacial score (nSPS) is 12.3. The zero-order valence-corrected chi connectivity index (χ0v) is 13.4. The number of pyridine rings is 1. The molecule has 19 heavy (non-hydrogen) atoms. The van der Waals surface area contributed by atoms with Gasteiger partial charge in [-0.3, -0.25) is 0 Å². The minimum atomic E-state index is 0.250. The number of hydrogen-bond donors (Lipinski definition) is 1. The monoisotopic (exact) mass is 318 g/mol. The Morgan fingerprint density at radius 2 is 1.79 bits per heavy atom. The van der Waals surface area contributed by atoms with Crippen LogP contribution in [-0.2, 0) is 0 Å². The number of halogens is 1. The molecule has 0 saturated heterocycles. The fraction of sp³-hybridized carbons (Fsp3) is 0.312. The van der Waals surface area contributed by atoms with Crippen LogP contribution in [0, 0.1) is 20.8 Å². The standard InChI is InChI=1S/C16H19BrN2/c1-10-8-12(3)14(9-11(10)2)13(4)19-15-6-5-7-18-16(15)17/h5-9,13,19H,1-4H3. The van der Waals surface area contributed by atoms with Crippen LogP contribution in [0.5, 0.6) is 0 Å². The number of benzene rings is 1. The highest BCUT2D eigenvalue weighted by Gasteiger charge is 2.11. The molecule has 1 unspecified atom stereocenters. The van der Waals surface area contributed by atoms with Crippen LogP contribution >= 0.6 is 15.9 Å². The van der Waals surface area contributed by atoms with Crippen molar-refractivity contribution in [2.45, 2.75) is 33.7 Å². The average molecular weight is 319 g/mol. The van der Waals surface area contributed by atoms with Crippen molar-refractivity contribution in [1.29, 1.82) is 0 Å². The third kappa shape index (κ3) is 3.16. The molecule has 0 aliphatic carbocycles. The van der Waals surface area contributed by atoms with Crippen molar-refractivity contribution in [1.82, 2.24) is 4.98 Å². The highest BCUT2D eigenvalue weighted by Crippen LogP contribution is 2.27. The van der Waals surface area contributed by atoms with Gasteiger partial charge in [0.25, 0.3) is 0 Å². The molecule has 1 aromatic heterocycles. The molecule has 0 aliphatic heterocycles. The molecule has 0 bridgehead atoms. The number of nitrogens with one attached hydrogen (secondary N) is 1. The molecule has 0 fully saturated rings. The van der Waals surface area contributed by atoms with Crippen molar-refractivity contribution < 1.29 is 0 Å². The summed E-state index contributed by atoms with van der Waals surface area (Å²) >= 11 is 3.47. The van der Waals surface area contributed by atoms with Gasteiger partial charge in [-0.25, -0.2) is 4.98 Å². The Morgan fingerprint density at radius 1 is 1.11 bits per heavy atom. The van der Waals surface area contributed by atoms with E-state index in [2.05, 4.69) is 66.1 Å². The van der Waals surface area contributed by atoms with Gasteiger partial charge >= 0.3 is 0 Å². The summed E-state index contributed by atoms with van der Waals surface area (Å²) in [6.45, 7) is 8.65. The molecule has 1 N–H and O–H groups in total. The molecular weight excluding hydrogens is 300 g/mol. The lowest BCUT2D eigenvalue weighted by Gasteiger charge is -2.20. The van der Waals surface area contributed by atoms with Crippen molar-refractivity contribution in [2.75, 3.05) is 5.32 Å². The number of rotatable bonds is 3. The second-order valence-corrected chi connectivity index (χ2v) is 5.75. The second-order valence-electron chi connectivity index (χ2n) is 5.00. The van der Waals surface area contributed by atoms with E-state index in [0.29, 0.717) is 0 Å². The summed E-state index contributed by atoms with van der Waals surface area (Å²) in [7, 11) is 0. The van der Waals surface area contributed by atoms with Crippen LogP contribution in [0.2, 0.25) is 0 Å². The van der Waals surface area contributed by atoms with Gasteiger partial charge in [0, 0.05) is 12.2 Å². The maximum Gasteiger partial charge on any atom is 0.129 e. The van der Waals surface area contributed by atoms with Gasteiger partial charge in [0.2, 0.25) is 0 Å². The molecule has 1 aromatic carbocycles. The molecule has 0 saturated carbocycles. The van der Waals surface area contributed by atoms with Crippen molar-refractivity contribution in [3.05, 3.63) is 57.3 Å². The highest BCUT2D eigenvalue weighted by atomic mass is 79.9. The van der Waals surface area contributed by atoms with Crippen LogP contribution in [0.4, 0.5) is 5.69 Å². The van der Waals surface area contributed by atoms with Crippen LogP contribution < -0.4 is 5.32 Å². The summed E-state index contributed by atoms with van der Waals surface area (Å²) in [5.74, 6) is 0. The van der Waals surface area contributed by atoms with E-state index >= 15 is 0 Å². The number of hydrogen-bond acceptors (Lipinski definition) is 2. The molecule has 0 radical (unpaired) electrons. The van der Waals surface area contributed by atoms with E-state index in [1.807, 2.05) is 12.1 Å². The van der Waals surface area contributed by atoms with Crippen molar-refractivity contribution in [2.24, 2.45) is 0 Å². The molecule has 2 rings (SSSR count). The zero-order chi connectivity index (χ0) is 14.0. The van der Waals surface area contributed by atoms with E-state index in [1.165, 1.54) is 22.3 Å². The Kier molecular flexibility index (Phi) is 4.25. The Bertz CT molecular complexity index is 593. The fourth-order valence-corrected chi connectivity index (χ4v) is 2.62. The van der Waals surface area contributed by atoms with Gasteiger partial charge in [-0.1, -0.05) is 12.1 Å². The summed E-state index contributed by atoms with van der Waals surface area (Å²) in [6, 6.07) is 8.74. The summed E-state index contributed by atoms with van der Waals surface area (Å²) in [5, 5.41) is 3.50. The first kappa shape index (κ1) is 14.1. The summed E-state index contributed by atoms with van der Waals surface area (Å²) < 4.78 is 0.850. The predicted molar refractivity (Wildman–Crippen MR) is 84.6 cm³/mol. The van der Waals surface area contributed by atoms with Gasteiger partial charge in [-0.05, 0) is 78.0 Å². The maximum absolute atomic E-state index is 4.23. The van der Waals surface area contributed by atoms with Crippen LogP contribution in [0.25, 0.3) is 0 Å². The second kappa shape index (κ2) is 5.74. The highest BCUT2D eigenvalue weighted by molar-refractivity contribution is 9.10. The lowest BCUT2D eigenvalue weighted by Crippen LogP contribution is -2.09. The predicted octanol–water partition coefficient (Wildman–Crippen LogP) is 4.94. The Morgan fingerprint density at radius 3 is 2.47 bits per heavy atom. The minimum absolute atomic E-state index is 0.250. The third-order valence-electron chi connectivity index (χ3n) is 3.48. The number of aromatic nitrogens is 1. The maximum atomic E-state index is 4.23. The van der Waals surface area contributed by atoms with Gasteiger partial charge in [-0.2, -0.15) is 0 Å². The lowest BCUT2D eigenvalue weighted by molar-refractivity contribution is 0.867. The van der Waals surface area contributed by atoms with E-state index in [4.69, 9.17) is 0 Å². The molecule has 0 spiro atoms. The van der Waals surface area contributed by atoms with E-state index in [1.54, 1.807) is 6.20 Å². The van der Waals surface area contributed by atoms with Gasteiger partial charge in [0.15, 0.2) is 0 Å². The quantitative estimate of drug-likeness (QED) is 0.810. The van der Waals surface area contributed by atoms with E-state index in [-0.39, 0.29) is 6.04 Å². The smallest absolute Gasteiger partial charge is 0.129 e. The van der Waals surface area contributed by atoms with Crippen LogP contribution in [-0.4, -0.2) is 4.98 Å². The summed E-state index contributed by atoms with van der Waals surface area (Å²) in [6.07, 6.45) is 1.78. The SMILES string of the molecule is Cc1cc(C)c(C(C)Nc2cccnc2Br)cc1C. The number of aryl methyl sites for hydroxylation is 3. The van der Waals surface area contributed by atoms with Crippen LogP contribution in [0.15, 0.2) is 35.1 Å². The molecule has 2 aromatic rings. The third-order valence-corrected chi connectivity index (χ3v) is 4.11. The van der Waals surface area contributed by atoms with Crippen molar-refractivity contribution in [3.63, 3.8) is 0 Å². The number of nitrogens with zero attached hydrogens (tertiary/aromatic N) is 1. The largest absolute Gasteiger partial charge is 0.376 e. The Balaban J connectivity index is 2.28.